The largest absolute Gasteiger partial charge is 0.508 e. The van der Waals surface area contributed by atoms with E-state index in [0.717, 1.165) is 30.4 Å². The van der Waals surface area contributed by atoms with Crippen LogP contribution in [-0.2, 0) is 12.8 Å². The van der Waals surface area contributed by atoms with Crippen LogP contribution in [0.5, 0.6) is 5.75 Å². The third-order valence-corrected chi connectivity index (χ3v) is 5.28. The number of amides is 2. The van der Waals surface area contributed by atoms with E-state index in [1.54, 1.807) is 12.1 Å². The van der Waals surface area contributed by atoms with Gasteiger partial charge in [0.15, 0.2) is 0 Å². The quantitative estimate of drug-likeness (QED) is 0.734. The third-order valence-electron chi connectivity index (χ3n) is 5.28. The average Bonchev–Trinajstić information content (AvgIpc) is 2.70. The fourth-order valence-electron chi connectivity index (χ4n) is 3.60. The van der Waals surface area contributed by atoms with Crippen molar-refractivity contribution in [1.82, 2.24) is 10.2 Å². The third kappa shape index (κ3) is 5.73. The van der Waals surface area contributed by atoms with Gasteiger partial charge in [-0.15, -0.1) is 0 Å². The highest BCUT2D eigenvalue weighted by Crippen LogP contribution is 2.23. The summed E-state index contributed by atoms with van der Waals surface area (Å²) in [5.41, 5.74) is 2.23. The standard InChI is InChI=1S/C22H28N2O3/c25-20-8-6-17(7-9-20)10-13-23-22(27)24-14-11-19(12-15-24)21(26)16-18-4-2-1-3-5-18/h1-9,19,21,25-26H,10-16H2,(H,23,27)/t21-/m1/s1. The lowest BCUT2D eigenvalue weighted by molar-refractivity contribution is 0.0672. The molecule has 0 aliphatic carbocycles. The summed E-state index contributed by atoms with van der Waals surface area (Å²) in [6.07, 6.45) is 2.72. The van der Waals surface area contributed by atoms with Gasteiger partial charge in [0.05, 0.1) is 6.10 Å². The zero-order valence-electron chi connectivity index (χ0n) is 15.6. The maximum atomic E-state index is 12.3. The molecular weight excluding hydrogens is 340 g/mol. The van der Waals surface area contributed by atoms with Gasteiger partial charge in [-0.1, -0.05) is 42.5 Å². The molecule has 3 N–H and O–H groups in total. The smallest absolute Gasteiger partial charge is 0.317 e. The molecule has 3 rings (SSSR count). The molecule has 1 atom stereocenters. The van der Waals surface area contributed by atoms with Gasteiger partial charge in [-0.05, 0) is 54.9 Å². The van der Waals surface area contributed by atoms with Crippen molar-refractivity contribution in [2.45, 2.75) is 31.8 Å². The van der Waals surface area contributed by atoms with Crippen LogP contribution in [0.2, 0.25) is 0 Å². The van der Waals surface area contributed by atoms with E-state index in [0.29, 0.717) is 26.1 Å². The topological polar surface area (TPSA) is 72.8 Å². The Labute approximate surface area is 160 Å². The van der Waals surface area contributed by atoms with Gasteiger partial charge in [0.1, 0.15) is 5.75 Å². The van der Waals surface area contributed by atoms with Crippen molar-refractivity contribution >= 4 is 6.03 Å². The van der Waals surface area contributed by atoms with Crippen molar-refractivity contribution in [3.8, 4) is 5.75 Å². The molecule has 27 heavy (non-hydrogen) atoms. The van der Waals surface area contributed by atoms with Gasteiger partial charge in [0, 0.05) is 19.6 Å². The van der Waals surface area contributed by atoms with Crippen molar-refractivity contribution in [1.29, 1.82) is 0 Å². The summed E-state index contributed by atoms with van der Waals surface area (Å²) in [5, 5.41) is 22.8. The molecular formula is C22H28N2O3. The Morgan fingerprint density at radius 1 is 1.04 bits per heavy atom. The molecule has 0 bridgehead atoms. The van der Waals surface area contributed by atoms with Crippen LogP contribution >= 0.6 is 0 Å². The minimum atomic E-state index is -0.355. The highest BCUT2D eigenvalue weighted by atomic mass is 16.3. The van der Waals surface area contributed by atoms with E-state index >= 15 is 0 Å². The molecule has 2 amide bonds. The number of carbonyl (C=O) groups excluding carboxylic acids is 1. The van der Waals surface area contributed by atoms with Gasteiger partial charge in [0.2, 0.25) is 0 Å². The van der Waals surface area contributed by atoms with E-state index in [2.05, 4.69) is 5.32 Å². The second-order valence-corrected chi connectivity index (χ2v) is 7.23. The molecule has 144 valence electrons. The van der Waals surface area contributed by atoms with E-state index in [-0.39, 0.29) is 23.8 Å². The highest BCUT2D eigenvalue weighted by Gasteiger charge is 2.27. The molecule has 0 aromatic heterocycles. The average molecular weight is 368 g/mol. The number of nitrogens with one attached hydrogen (secondary N) is 1. The van der Waals surface area contributed by atoms with Crippen LogP contribution < -0.4 is 5.32 Å². The number of aliphatic hydroxyl groups is 1. The first kappa shape index (κ1) is 19.2. The number of phenolic OH excluding ortho intramolecular Hbond substituents is 1. The van der Waals surface area contributed by atoms with E-state index in [1.807, 2.05) is 47.4 Å². The minimum absolute atomic E-state index is 0.0372. The Hall–Kier alpha value is -2.53. The van der Waals surface area contributed by atoms with E-state index in [4.69, 9.17) is 0 Å². The number of phenols is 1. The lowest BCUT2D eigenvalue weighted by atomic mass is 9.88. The summed E-state index contributed by atoms with van der Waals surface area (Å²) < 4.78 is 0. The van der Waals surface area contributed by atoms with Gasteiger partial charge < -0.3 is 20.4 Å². The summed E-state index contributed by atoms with van der Waals surface area (Å²) in [4.78, 5) is 14.2. The molecule has 2 aromatic carbocycles. The van der Waals surface area contributed by atoms with Crippen LogP contribution in [0.1, 0.15) is 24.0 Å². The van der Waals surface area contributed by atoms with Crippen molar-refractivity contribution < 1.29 is 15.0 Å². The number of hydrogen-bond acceptors (Lipinski definition) is 3. The maximum Gasteiger partial charge on any atom is 0.317 e. The normalized spacial score (nSPS) is 16.1. The lowest BCUT2D eigenvalue weighted by Gasteiger charge is -2.34. The Kier molecular flexibility index (Phi) is 6.71. The van der Waals surface area contributed by atoms with Gasteiger partial charge in [-0.3, -0.25) is 0 Å². The summed E-state index contributed by atoms with van der Waals surface area (Å²) in [7, 11) is 0. The van der Waals surface area contributed by atoms with E-state index < -0.39 is 0 Å². The van der Waals surface area contributed by atoms with Crippen molar-refractivity contribution in [2.24, 2.45) is 5.92 Å². The van der Waals surface area contributed by atoms with Crippen LogP contribution in [0.3, 0.4) is 0 Å². The van der Waals surface area contributed by atoms with E-state index in [9.17, 15) is 15.0 Å². The van der Waals surface area contributed by atoms with Crippen LogP contribution in [0.15, 0.2) is 54.6 Å². The molecule has 1 fully saturated rings. The Morgan fingerprint density at radius 3 is 2.37 bits per heavy atom. The number of nitrogens with zero attached hydrogens (tertiary/aromatic N) is 1. The van der Waals surface area contributed by atoms with Gasteiger partial charge in [-0.25, -0.2) is 4.79 Å². The van der Waals surface area contributed by atoms with Crippen LogP contribution in [-0.4, -0.2) is 46.9 Å². The number of rotatable bonds is 6. The van der Waals surface area contributed by atoms with Crippen LogP contribution in [0.25, 0.3) is 0 Å². The molecule has 1 aliphatic heterocycles. The fraction of sp³-hybridized carbons (Fsp3) is 0.409. The number of hydrogen-bond donors (Lipinski definition) is 3. The lowest BCUT2D eigenvalue weighted by Crippen LogP contribution is -2.46. The second-order valence-electron chi connectivity index (χ2n) is 7.23. The monoisotopic (exact) mass is 368 g/mol. The predicted octanol–water partition coefficient (Wildman–Crippen LogP) is 2.96. The Balaban J connectivity index is 1.37. The molecule has 0 saturated carbocycles. The molecule has 5 nitrogen and oxygen atoms in total. The second kappa shape index (κ2) is 9.42. The summed E-state index contributed by atoms with van der Waals surface area (Å²) >= 11 is 0. The highest BCUT2D eigenvalue weighted by molar-refractivity contribution is 5.74. The molecule has 0 unspecified atom stereocenters. The molecule has 1 aliphatic rings. The predicted molar refractivity (Wildman–Crippen MR) is 106 cm³/mol. The molecule has 2 aromatic rings. The number of urea groups is 1. The first-order chi connectivity index (χ1) is 13.1. The van der Waals surface area contributed by atoms with E-state index in [1.165, 1.54) is 0 Å². The van der Waals surface area contributed by atoms with Crippen LogP contribution in [0, 0.1) is 5.92 Å². The summed E-state index contributed by atoms with van der Waals surface area (Å²) in [6, 6.07) is 17.0. The van der Waals surface area contributed by atoms with Crippen LogP contribution in [0.4, 0.5) is 4.79 Å². The molecule has 5 heteroatoms. The Morgan fingerprint density at radius 2 is 1.70 bits per heavy atom. The number of likely N-dealkylation sites (tertiary alicyclic amines) is 1. The zero-order chi connectivity index (χ0) is 19.1. The van der Waals surface area contributed by atoms with Gasteiger partial charge >= 0.3 is 6.03 Å². The number of piperidine rings is 1. The van der Waals surface area contributed by atoms with Gasteiger partial charge in [-0.2, -0.15) is 0 Å². The van der Waals surface area contributed by atoms with Crippen molar-refractivity contribution in [2.75, 3.05) is 19.6 Å². The number of carbonyl (C=O) groups is 1. The summed E-state index contributed by atoms with van der Waals surface area (Å²) in [5.74, 6) is 0.492. The number of aliphatic hydroxyl groups excluding tert-OH is 1. The van der Waals surface area contributed by atoms with Crippen molar-refractivity contribution in [3.63, 3.8) is 0 Å². The molecule has 0 radical (unpaired) electrons. The SMILES string of the molecule is O=C(NCCc1ccc(O)cc1)N1CCC([C@H](O)Cc2ccccc2)CC1. The Bertz CT molecular complexity index is 710. The molecule has 1 saturated heterocycles. The first-order valence-electron chi connectivity index (χ1n) is 9.64. The first-order valence-corrected chi connectivity index (χ1v) is 9.64. The molecule has 0 spiro atoms. The summed E-state index contributed by atoms with van der Waals surface area (Å²) in [6.45, 7) is 1.93. The maximum absolute atomic E-state index is 12.3. The fourth-order valence-corrected chi connectivity index (χ4v) is 3.60. The minimum Gasteiger partial charge on any atom is -0.508 e. The number of aromatic hydroxyl groups is 1. The zero-order valence-corrected chi connectivity index (χ0v) is 15.6. The molecule has 1 heterocycles. The van der Waals surface area contributed by atoms with Crippen molar-refractivity contribution in [3.05, 3.63) is 65.7 Å². The van der Waals surface area contributed by atoms with Gasteiger partial charge in [0.25, 0.3) is 0 Å². The number of benzene rings is 2.